The minimum absolute atomic E-state index is 0.156. The van der Waals surface area contributed by atoms with Gasteiger partial charge in [0, 0.05) is 30.5 Å². The Morgan fingerprint density at radius 2 is 1.73 bits per heavy atom. The van der Waals surface area contributed by atoms with E-state index in [1.807, 2.05) is 20.0 Å². The van der Waals surface area contributed by atoms with Crippen molar-refractivity contribution in [1.29, 1.82) is 0 Å². The number of esters is 4. The van der Waals surface area contributed by atoms with Crippen LogP contribution in [-0.2, 0) is 50.0 Å². The summed E-state index contributed by atoms with van der Waals surface area (Å²) in [6.45, 7) is 10.2. The Kier molecular flexibility index (Phi) is 8.44. The predicted octanol–water partition coefficient (Wildman–Crippen LogP) is 4.01. The Labute approximate surface area is 280 Å². The Bertz CT molecular complexity index is 1680. The highest BCUT2D eigenvalue weighted by Gasteiger charge is 2.71. The number of piperidine rings is 1. The van der Waals surface area contributed by atoms with E-state index in [4.69, 9.17) is 23.7 Å². The SMILES string of the molecule is CC(=O)O[C@@H](C(=O)O[C@@H](C(=O)OC(C)(C)C)c1ccccc1)[C@@H](C)C(=O)OC1=CC[C@@]2(O)[C@H]3Cc4ccc(C)c5c4[C@@]2(CCN3C)[C@H]1O5. The van der Waals surface area contributed by atoms with E-state index in [1.165, 1.54) is 6.92 Å². The standard InChI is InChI=1S/C37H43NO10/c1-20-13-14-24-19-26-37(43)16-15-25(31-36(37,17-18-38(26)7)27(24)28(20)46-31)45-32(40)21(2)29(44-22(3)39)33(41)47-30(23-11-9-8-10-12-23)34(42)48-35(4,5)6/h8-15,21,26,29-31,43H,16-19H2,1-7H3/t21-,26-,29-,30-,31+,36+,37-/m1/s1. The third kappa shape index (κ3) is 5.46. The molecular weight excluding hydrogens is 618 g/mol. The second-order valence-corrected chi connectivity index (χ2v) is 14.4. The van der Waals surface area contributed by atoms with Gasteiger partial charge in [-0.3, -0.25) is 9.59 Å². The van der Waals surface area contributed by atoms with Gasteiger partial charge in [0.15, 0.2) is 6.10 Å². The van der Waals surface area contributed by atoms with E-state index < -0.39 is 64.7 Å². The summed E-state index contributed by atoms with van der Waals surface area (Å²) in [5.41, 5.74) is 0.475. The maximum Gasteiger partial charge on any atom is 0.352 e. The molecule has 1 spiro atoms. The number of ether oxygens (including phenoxy) is 5. The van der Waals surface area contributed by atoms with Gasteiger partial charge < -0.3 is 33.7 Å². The zero-order valence-corrected chi connectivity index (χ0v) is 28.4. The van der Waals surface area contributed by atoms with Gasteiger partial charge in [-0.15, -0.1) is 0 Å². The van der Waals surface area contributed by atoms with Crippen LogP contribution in [0, 0.1) is 12.8 Å². The van der Waals surface area contributed by atoms with Crippen LogP contribution >= 0.6 is 0 Å². The molecule has 2 aliphatic heterocycles. The van der Waals surface area contributed by atoms with Crippen LogP contribution in [0.5, 0.6) is 5.75 Å². The Morgan fingerprint density at radius 3 is 2.40 bits per heavy atom. The van der Waals surface area contributed by atoms with Gasteiger partial charge in [0.05, 0.1) is 11.0 Å². The summed E-state index contributed by atoms with van der Waals surface area (Å²) >= 11 is 0. The molecule has 1 N–H and O–H groups in total. The lowest BCUT2D eigenvalue weighted by atomic mass is 9.50. The van der Waals surface area contributed by atoms with Gasteiger partial charge in [0.2, 0.25) is 12.2 Å². The molecule has 1 fully saturated rings. The van der Waals surface area contributed by atoms with Crippen LogP contribution in [0.25, 0.3) is 0 Å². The Morgan fingerprint density at radius 1 is 1.02 bits per heavy atom. The summed E-state index contributed by atoms with van der Waals surface area (Å²) in [4.78, 5) is 55.0. The topological polar surface area (TPSA) is 138 Å². The number of likely N-dealkylation sites (tertiary alicyclic amines) is 1. The fourth-order valence-electron chi connectivity index (χ4n) is 7.87. The van der Waals surface area contributed by atoms with E-state index in [9.17, 15) is 24.3 Å². The highest BCUT2D eigenvalue weighted by Crippen LogP contribution is 2.64. The largest absolute Gasteiger partial charge is 0.481 e. The molecule has 7 atom stereocenters. The fourth-order valence-corrected chi connectivity index (χ4v) is 7.87. The molecular formula is C37H43NO10. The van der Waals surface area contributed by atoms with Crippen LogP contribution in [0.3, 0.4) is 0 Å². The van der Waals surface area contributed by atoms with Gasteiger partial charge in [-0.2, -0.15) is 0 Å². The number of benzene rings is 2. The van der Waals surface area contributed by atoms with E-state index in [0.29, 0.717) is 24.2 Å². The second-order valence-electron chi connectivity index (χ2n) is 14.4. The third-order valence-corrected chi connectivity index (χ3v) is 10.1. The molecule has 0 aromatic heterocycles. The molecule has 11 nitrogen and oxygen atoms in total. The van der Waals surface area contributed by atoms with Gasteiger partial charge in [-0.05, 0) is 78.3 Å². The molecule has 4 aliphatic rings. The highest BCUT2D eigenvalue weighted by molar-refractivity contribution is 5.88. The van der Waals surface area contributed by atoms with Crippen molar-refractivity contribution in [2.45, 2.75) is 102 Å². The van der Waals surface area contributed by atoms with Crippen LogP contribution in [0.1, 0.15) is 75.8 Å². The number of rotatable bonds is 8. The zero-order valence-electron chi connectivity index (χ0n) is 28.4. The number of likely N-dealkylation sites (N-methyl/N-ethyl adjacent to an activating group) is 1. The van der Waals surface area contributed by atoms with Crippen molar-refractivity contribution in [3.8, 4) is 5.75 Å². The van der Waals surface area contributed by atoms with E-state index in [2.05, 4.69) is 11.0 Å². The van der Waals surface area contributed by atoms with Gasteiger partial charge >= 0.3 is 23.9 Å². The van der Waals surface area contributed by atoms with Gasteiger partial charge in [-0.25, -0.2) is 9.59 Å². The molecule has 2 heterocycles. The number of hydrogen-bond donors (Lipinski definition) is 1. The van der Waals surface area contributed by atoms with Crippen molar-refractivity contribution in [3.63, 3.8) is 0 Å². The second kappa shape index (κ2) is 12.0. The lowest BCUT2D eigenvalue weighted by molar-refractivity contribution is -0.188. The quantitative estimate of drug-likeness (QED) is 0.325. The van der Waals surface area contributed by atoms with Crippen molar-refractivity contribution >= 4 is 23.9 Å². The van der Waals surface area contributed by atoms with Crippen molar-refractivity contribution in [1.82, 2.24) is 4.90 Å². The van der Waals surface area contributed by atoms with Crippen LogP contribution in [0.15, 0.2) is 54.3 Å². The van der Waals surface area contributed by atoms with Crippen molar-refractivity contribution in [2.24, 2.45) is 5.92 Å². The Balaban J connectivity index is 1.27. The van der Waals surface area contributed by atoms with Crippen LogP contribution in [0.4, 0.5) is 0 Å². The fraction of sp³-hybridized carbons (Fsp3) is 0.514. The first-order valence-corrected chi connectivity index (χ1v) is 16.4. The molecule has 2 bridgehead atoms. The normalized spacial score (nSPS) is 27.3. The van der Waals surface area contributed by atoms with E-state index in [0.717, 1.165) is 30.2 Å². The van der Waals surface area contributed by atoms with Gasteiger partial charge in [0.25, 0.3) is 0 Å². The molecule has 11 heteroatoms. The molecule has 48 heavy (non-hydrogen) atoms. The molecule has 6 rings (SSSR count). The monoisotopic (exact) mass is 661 g/mol. The summed E-state index contributed by atoms with van der Waals surface area (Å²) in [6, 6.07) is 12.2. The summed E-state index contributed by atoms with van der Waals surface area (Å²) in [6.07, 6.45) is -0.818. The Hall–Kier alpha value is -4.22. The zero-order chi connectivity index (χ0) is 34.8. The lowest BCUT2D eigenvalue weighted by Gasteiger charge is -2.61. The van der Waals surface area contributed by atoms with Crippen molar-refractivity contribution < 1.29 is 48.0 Å². The molecule has 2 aromatic carbocycles. The predicted molar refractivity (Wildman–Crippen MR) is 172 cm³/mol. The molecule has 1 saturated heterocycles. The lowest BCUT2D eigenvalue weighted by Crippen LogP contribution is -2.74. The first-order chi connectivity index (χ1) is 22.6. The summed E-state index contributed by atoms with van der Waals surface area (Å²) < 4.78 is 29.1. The van der Waals surface area contributed by atoms with Crippen LogP contribution < -0.4 is 4.74 Å². The first-order valence-electron chi connectivity index (χ1n) is 16.4. The van der Waals surface area contributed by atoms with Crippen LogP contribution in [0.2, 0.25) is 0 Å². The summed E-state index contributed by atoms with van der Waals surface area (Å²) in [7, 11) is 2.01. The first kappa shape index (κ1) is 33.7. The average molecular weight is 662 g/mol. The smallest absolute Gasteiger partial charge is 0.352 e. The summed E-state index contributed by atoms with van der Waals surface area (Å²) in [5, 5.41) is 12.4. The number of hydrogen-bond acceptors (Lipinski definition) is 11. The molecule has 0 radical (unpaired) electrons. The number of aliphatic hydroxyl groups is 1. The molecule has 0 unspecified atom stereocenters. The number of carbonyl (C=O) groups is 4. The number of aryl methyl sites for hydroxylation is 1. The minimum Gasteiger partial charge on any atom is -0.481 e. The molecule has 2 aliphatic carbocycles. The van der Waals surface area contributed by atoms with Crippen molar-refractivity contribution in [3.05, 3.63) is 76.6 Å². The third-order valence-electron chi connectivity index (χ3n) is 10.1. The number of nitrogens with zero attached hydrogens (tertiary/aromatic N) is 1. The summed E-state index contributed by atoms with van der Waals surface area (Å²) in [5.74, 6) is -4.04. The molecule has 0 saturated carbocycles. The average Bonchev–Trinajstić information content (AvgIpc) is 3.38. The van der Waals surface area contributed by atoms with Crippen LogP contribution in [-0.4, -0.2) is 76.9 Å². The van der Waals surface area contributed by atoms with Gasteiger partial charge in [-0.1, -0.05) is 42.5 Å². The minimum atomic E-state index is -1.74. The molecule has 256 valence electrons. The molecule has 2 aromatic rings. The van der Waals surface area contributed by atoms with E-state index in [-0.39, 0.29) is 18.2 Å². The van der Waals surface area contributed by atoms with E-state index >= 15 is 0 Å². The van der Waals surface area contributed by atoms with E-state index in [1.54, 1.807) is 57.2 Å². The highest BCUT2D eigenvalue weighted by atomic mass is 16.6. The maximum absolute atomic E-state index is 13.8. The maximum atomic E-state index is 13.8. The van der Waals surface area contributed by atoms with Gasteiger partial charge in [0.1, 0.15) is 23.0 Å². The van der Waals surface area contributed by atoms with Crippen molar-refractivity contribution in [2.75, 3.05) is 13.6 Å². The number of carbonyl (C=O) groups excluding carboxylic acids is 4. The molecule has 0 amide bonds.